The molecule has 0 saturated carbocycles. The highest BCUT2D eigenvalue weighted by molar-refractivity contribution is 6.20. The Labute approximate surface area is 177 Å². The topological polar surface area (TPSA) is 69.7 Å². The minimum Gasteiger partial charge on any atom is -0.496 e. The first-order valence-corrected chi connectivity index (χ1v) is 9.81. The molecule has 0 aliphatic heterocycles. The van der Waals surface area contributed by atoms with E-state index in [9.17, 15) is 9.59 Å². The van der Waals surface area contributed by atoms with E-state index in [0.29, 0.717) is 33.4 Å². The van der Waals surface area contributed by atoms with E-state index in [1.54, 1.807) is 30.3 Å². The number of benzene rings is 3. The summed E-state index contributed by atoms with van der Waals surface area (Å²) < 4.78 is 17.1. The highest BCUT2D eigenvalue weighted by atomic mass is 16.5. The van der Waals surface area contributed by atoms with Crippen molar-refractivity contribution in [3.63, 3.8) is 0 Å². The van der Waals surface area contributed by atoms with Crippen LogP contribution in [0.15, 0.2) is 86.4 Å². The number of ketones is 1. The van der Waals surface area contributed by atoms with Gasteiger partial charge in [-0.05, 0) is 42.3 Å². The third-order valence-electron chi connectivity index (χ3n) is 5.39. The third-order valence-corrected chi connectivity index (χ3v) is 5.39. The van der Waals surface area contributed by atoms with Crippen LogP contribution in [0.3, 0.4) is 0 Å². The molecule has 3 aromatic carbocycles. The molecule has 5 heteroatoms. The highest BCUT2D eigenvalue weighted by Crippen LogP contribution is 2.41. The largest absolute Gasteiger partial charge is 0.496 e. The van der Waals surface area contributed by atoms with Gasteiger partial charge in [-0.3, -0.25) is 4.79 Å². The average Bonchev–Trinajstić information content (AvgIpc) is 3.19. The number of rotatable bonds is 4. The van der Waals surface area contributed by atoms with Gasteiger partial charge in [0.2, 0.25) is 5.78 Å². The summed E-state index contributed by atoms with van der Waals surface area (Å²) in [5, 5.41) is 1.39. The van der Waals surface area contributed by atoms with Gasteiger partial charge in [-0.1, -0.05) is 42.5 Å². The van der Waals surface area contributed by atoms with Crippen LogP contribution in [-0.4, -0.2) is 12.9 Å². The van der Waals surface area contributed by atoms with Crippen molar-refractivity contribution in [1.82, 2.24) is 0 Å². The van der Waals surface area contributed by atoms with Crippen LogP contribution in [0.1, 0.15) is 21.7 Å². The van der Waals surface area contributed by atoms with Crippen molar-refractivity contribution in [3.8, 4) is 16.9 Å². The van der Waals surface area contributed by atoms with Crippen molar-refractivity contribution < 1.29 is 18.4 Å². The normalized spacial score (nSPS) is 11.2. The zero-order chi connectivity index (χ0) is 21.5. The molecule has 0 aliphatic carbocycles. The fourth-order valence-corrected chi connectivity index (χ4v) is 3.96. The van der Waals surface area contributed by atoms with Gasteiger partial charge in [0.25, 0.3) is 0 Å². The van der Waals surface area contributed by atoms with E-state index in [-0.39, 0.29) is 11.5 Å². The Morgan fingerprint density at radius 2 is 1.65 bits per heavy atom. The number of methoxy groups -OCH3 is 1. The van der Waals surface area contributed by atoms with Crippen LogP contribution < -0.4 is 10.4 Å². The van der Waals surface area contributed by atoms with Gasteiger partial charge in [0, 0.05) is 17.0 Å². The van der Waals surface area contributed by atoms with E-state index in [0.717, 1.165) is 16.5 Å². The first kappa shape index (κ1) is 18.9. The number of furan rings is 1. The number of para-hydroxylation sites is 1. The van der Waals surface area contributed by atoms with E-state index in [1.165, 1.54) is 13.2 Å². The summed E-state index contributed by atoms with van der Waals surface area (Å²) >= 11 is 0. The molecule has 0 saturated heterocycles. The van der Waals surface area contributed by atoms with Crippen molar-refractivity contribution in [2.75, 3.05) is 7.11 Å². The molecule has 0 aliphatic rings. The molecule has 0 atom stereocenters. The summed E-state index contributed by atoms with van der Waals surface area (Å²) in [7, 11) is 1.52. The predicted octanol–water partition coefficient (Wildman–Crippen LogP) is 5.75. The molecule has 0 amide bonds. The fourth-order valence-electron chi connectivity index (χ4n) is 3.96. The maximum atomic E-state index is 13.6. The summed E-state index contributed by atoms with van der Waals surface area (Å²) in [4.78, 5) is 25.8. The fraction of sp³-hybridized carbons (Fsp3) is 0.0769. The van der Waals surface area contributed by atoms with Crippen molar-refractivity contribution in [3.05, 3.63) is 100 Å². The Morgan fingerprint density at radius 3 is 2.42 bits per heavy atom. The van der Waals surface area contributed by atoms with Crippen molar-refractivity contribution in [2.45, 2.75) is 6.92 Å². The minimum absolute atomic E-state index is 0.169. The van der Waals surface area contributed by atoms with Gasteiger partial charge < -0.3 is 13.6 Å². The number of aryl methyl sites for hydroxylation is 1. The van der Waals surface area contributed by atoms with Crippen LogP contribution in [0, 0.1) is 6.92 Å². The predicted molar refractivity (Wildman–Crippen MR) is 119 cm³/mol. The Morgan fingerprint density at radius 1 is 0.903 bits per heavy atom. The molecule has 5 nitrogen and oxygen atoms in total. The molecule has 0 unspecified atom stereocenters. The monoisotopic (exact) mass is 410 g/mol. The van der Waals surface area contributed by atoms with E-state index >= 15 is 0 Å². The van der Waals surface area contributed by atoms with Crippen LogP contribution in [0.4, 0.5) is 0 Å². The summed E-state index contributed by atoms with van der Waals surface area (Å²) in [6.07, 6.45) is 0. The summed E-state index contributed by atoms with van der Waals surface area (Å²) in [5.74, 6) is 0.317. The smallest absolute Gasteiger partial charge is 0.336 e. The quantitative estimate of drug-likeness (QED) is 0.279. The molecule has 0 spiro atoms. The molecule has 5 aromatic rings. The number of carbonyl (C=O) groups excluding carboxylic acids is 1. The van der Waals surface area contributed by atoms with Gasteiger partial charge in [-0.2, -0.15) is 0 Å². The van der Waals surface area contributed by atoms with E-state index in [1.807, 2.05) is 43.3 Å². The molecular formula is C26H18O5. The maximum Gasteiger partial charge on any atom is 0.336 e. The van der Waals surface area contributed by atoms with Crippen LogP contribution in [-0.2, 0) is 0 Å². The zero-order valence-corrected chi connectivity index (χ0v) is 17.0. The number of fused-ring (bicyclic) bond motifs is 3. The molecule has 31 heavy (non-hydrogen) atoms. The van der Waals surface area contributed by atoms with Crippen LogP contribution in [0.5, 0.6) is 5.75 Å². The van der Waals surface area contributed by atoms with E-state index < -0.39 is 5.63 Å². The Kier molecular flexibility index (Phi) is 4.44. The standard InChI is InChI=1S/C26H18O5/c1-15-14-21(27)31-25-17(15)12-13-20-23(25)22(16-8-4-3-5-9-16)26(30-20)24(28)18-10-6-7-11-19(18)29-2/h3-14H,1-2H3. The lowest BCUT2D eigenvalue weighted by Crippen LogP contribution is -2.04. The van der Waals surface area contributed by atoms with Crippen LogP contribution in [0.25, 0.3) is 33.1 Å². The lowest BCUT2D eigenvalue weighted by Gasteiger charge is -2.08. The van der Waals surface area contributed by atoms with Crippen molar-refractivity contribution in [1.29, 1.82) is 0 Å². The molecular weight excluding hydrogens is 392 g/mol. The maximum absolute atomic E-state index is 13.6. The number of hydrogen-bond donors (Lipinski definition) is 0. The third kappa shape index (κ3) is 3.02. The first-order valence-electron chi connectivity index (χ1n) is 9.81. The Hall–Kier alpha value is -4.12. The zero-order valence-electron chi connectivity index (χ0n) is 17.0. The first-order chi connectivity index (χ1) is 15.1. The lowest BCUT2D eigenvalue weighted by atomic mass is 9.96. The number of hydrogen-bond acceptors (Lipinski definition) is 5. The van der Waals surface area contributed by atoms with Gasteiger partial charge in [-0.25, -0.2) is 4.79 Å². The number of carbonyl (C=O) groups is 1. The molecule has 0 fully saturated rings. The van der Waals surface area contributed by atoms with E-state index in [4.69, 9.17) is 13.6 Å². The van der Waals surface area contributed by atoms with Crippen LogP contribution >= 0.6 is 0 Å². The molecule has 0 N–H and O–H groups in total. The molecule has 152 valence electrons. The molecule has 0 radical (unpaired) electrons. The SMILES string of the molecule is COc1ccccc1C(=O)c1oc2ccc3c(C)cc(=O)oc3c2c1-c1ccccc1. The molecule has 0 bridgehead atoms. The second kappa shape index (κ2) is 7.29. The van der Waals surface area contributed by atoms with Gasteiger partial charge in [-0.15, -0.1) is 0 Å². The molecule has 2 heterocycles. The van der Waals surface area contributed by atoms with Gasteiger partial charge in [0.1, 0.15) is 16.9 Å². The second-order valence-corrected chi connectivity index (χ2v) is 7.27. The summed E-state index contributed by atoms with van der Waals surface area (Å²) in [5.41, 5.74) is 2.99. The number of ether oxygens (including phenoxy) is 1. The minimum atomic E-state index is -0.449. The highest BCUT2D eigenvalue weighted by Gasteiger charge is 2.27. The average molecular weight is 410 g/mol. The lowest BCUT2D eigenvalue weighted by molar-refractivity contribution is 0.101. The van der Waals surface area contributed by atoms with Gasteiger partial charge in [0.05, 0.1) is 18.1 Å². The van der Waals surface area contributed by atoms with Crippen molar-refractivity contribution >= 4 is 27.7 Å². The van der Waals surface area contributed by atoms with Crippen LogP contribution in [0.2, 0.25) is 0 Å². The van der Waals surface area contributed by atoms with E-state index in [2.05, 4.69) is 0 Å². The Bertz CT molecular complexity index is 1510. The van der Waals surface area contributed by atoms with Gasteiger partial charge >= 0.3 is 5.63 Å². The molecule has 2 aromatic heterocycles. The summed E-state index contributed by atoms with van der Waals surface area (Å²) in [6.45, 7) is 1.86. The van der Waals surface area contributed by atoms with Crippen molar-refractivity contribution in [2.24, 2.45) is 0 Å². The summed E-state index contributed by atoms with van der Waals surface area (Å²) in [6, 6.07) is 21.6. The second-order valence-electron chi connectivity index (χ2n) is 7.27. The van der Waals surface area contributed by atoms with Gasteiger partial charge in [0.15, 0.2) is 5.76 Å². The Balaban J connectivity index is 1.91. The molecule has 5 rings (SSSR count).